The SMILES string of the molecule is NCCOc1cc(=O)oc2ccccc12. The van der Waals surface area contributed by atoms with E-state index in [0.717, 1.165) is 5.39 Å². The summed E-state index contributed by atoms with van der Waals surface area (Å²) in [5, 5.41) is 0.783. The summed E-state index contributed by atoms with van der Waals surface area (Å²) < 4.78 is 10.4. The molecule has 1 aromatic carbocycles. The molecule has 0 saturated carbocycles. The van der Waals surface area contributed by atoms with E-state index in [1.54, 1.807) is 12.1 Å². The molecule has 4 nitrogen and oxygen atoms in total. The Balaban J connectivity index is 2.55. The molecule has 0 bridgehead atoms. The molecular weight excluding hydrogens is 194 g/mol. The van der Waals surface area contributed by atoms with E-state index >= 15 is 0 Å². The second-order valence-electron chi connectivity index (χ2n) is 3.06. The van der Waals surface area contributed by atoms with Crippen LogP contribution < -0.4 is 16.1 Å². The van der Waals surface area contributed by atoms with Gasteiger partial charge in [-0.25, -0.2) is 4.79 Å². The maximum absolute atomic E-state index is 11.2. The molecule has 1 aromatic heterocycles. The van der Waals surface area contributed by atoms with E-state index in [2.05, 4.69) is 0 Å². The van der Waals surface area contributed by atoms with Crippen molar-refractivity contribution in [3.05, 3.63) is 40.8 Å². The predicted molar refractivity (Wildman–Crippen MR) is 57.0 cm³/mol. The molecule has 0 amide bonds. The molecule has 0 fully saturated rings. The fraction of sp³-hybridized carbons (Fsp3) is 0.182. The number of benzene rings is 1. The van der Waals surface area contributed by atoms with E-state index in [9.17, 15) is 4.79 Å². The fourth-order valence-corrected chi connectivity index (χ4v) is 1.37. The van der Waals surface area contributed by atoms with Crippen molar-refractivity contribution in [3.63, 3.8) is 0 Å². The zero-order valence-corrected chi connectivity index (χ0v) is 8.10. The molecule has 0 unspecified atom stereocenters. The van der Waals surface area contributed by atoms with Crippen LogP contribution in [-0.4, -0.2) is 13.2 Å². The molecule has 0 aliphatic heterocycles. The van der Waals surface area contributed by atoms with Crippen LogP contribution in [0.2, 0.25) is 0 Å². The highest BCUT2D eigenvalue weighted by atomic mass is 16.5. The molecule has 4 heteroatoms. The maximum Gasteiger partial charge on any atom is 0.339 e. The highest BCUT2D eigenvalue weighted by molar-refractivity contribution is 5.82. The summed E-state index contributed by atoms with van der Waals surface area (Å²) >= 11 is 0. The van der Waals surface area contributed by atoms with Gasteiger partial charge in [0.25, 0.3) is 0 Å². The zero-order chi connectivity index (χ0) is 10.7. The lowest BCUT2D eigenvalue weighted by molar-refractivity contribution is 0.329. The van der Waals surface area contributed by atoms with Crippen molar-refractivity contribution in [3.8, 4) is 5.75 Å². The molecule has 0 atom stereocenters. The Bertz CT molecular complexity index is 518. The van der Waals surface area contributed by atoms with Crippen LogP contribution in [0.25, 0.3) is 11.0 Å². The standard InChI is InChI=1S/C11H11NO3/c12-5-6-14-10-7-11(13)15-9-4-2-1-3-8(9)10/h1-4,7H,5-6,12H2. The number of nitrogens with two attached hydrogens (primary N) is 1. The second-order valence-corrected chi connectivity index (χ2v) is 3.06. The Kier molecular flexibility index (Phi) is 2.69. The van der Waals surface area contributed by atoms with Crippen LogP contribution >= 0.6 is 0 Å². The largest absolute Gasteiger partial charge is 0.491 e. The van der Waals surface area contributed by atoms with E-state index in [1.165, 1.54) is 6.07 Å². The van der Waals surface area contributed by atoms with E-state index in [4.69, 9.17) is 14.9 Å². The summed E-state index contributed by atoms with van der Waals surface area (Å²) in [5.74, 6) is 0.521. The molecule has 0 aliphatic rings. The summed E-state index contributed by atoms with van der Waals surface area (Å²) in [5.41, 5.74) is 5.44. The fourth-order valence-electron chi connectivity index (χ4n) is 1.37. The highest BCUT2D eigenvalue weighted by Gasteiger charge is 2.04. The number of hydrogen-bond acceptors (Lipinski definition) is 4. The minimum absolute atomic E-state index is 0.382. The molecule has 0 aliphatic carbocycles. The van der Waals surface area contributed by atoms with Gasteiger partial charge in [-0.2, -0.15) is 0 Å². The van der Waals surface area contributed by atoms with E-state index in [0.29, 0.717) is 24.5 Å². The van der Waals surface area contributed by atoms with Gasteiger partial charge in [-0.15, -0.1) is 0 Å². The third-order valence-corrected chi connectivity index (χ3v) is 1.99. The molecule has 0 radical (unpaired) electrons. The van der Waals surface area contributed by atoms with Gasteiger partial charge >= 0.3 is 5.63 Å². The monoisotopic (exact) mass is 205 g/mol. The lowest BCUT2D eigenvalue weighted by atomic mass is 10.2. The van der Waals surface area contributed by atoms with Gasteiger partial charge in [0.15, 0.2) is 0 Å². The molecular formula is C11H11NO3. The predicted octanol–water partition coefficient (Wildman–Crippen LogP) is 1.13. The number of hydrogen-bond donors (Lipinski definition) is 1. The van der Waals surface area contributed by atoms with E-state index in [1.807, 2.05) is 12.1 Å². The van der Waals surface area contributed by atoms with Crippen molar-refractivity contribution in [2.24, 2.45) is 5.73 Å². The van der Waals surface area contributed by atoms with Gasteiger partial charge in [-0.05, 0) is 12.1 Å². The van der Waals surface area contributed by atoms with Crippen LogP contribution in [-0.2, 0) is 0 Å². The van der Waals surface area contributed by atoms with Crippen LogP contribution in [0, 0.1) is 0 Å². The summed E-state index contributed by atoms with van der Waals surface area (Å²) in [6.07, 6.45) is 0. The number of fused-ring (bicyclic) bond motifs is 1. The first-order chi connectivity index (χ1) is 7.31. The summed E-state index contributed by atoms with van der Waals surface area (Å²) in [6.45, 7) is 0.794. The van der Waals surface area contributed by atoms with Gasteiger partial charge < -0.3 is 14.9 Å². The molecule has 0 spiro atoms. The quantitative estimate of drug-likeness (QED) is 0.763. The number of para-hydroxylation sites is 1. The lowest BCUT2D eigenvalue weighted by Crippen LogP contribution is -2.11. The Morgan fingerprint density at radius 1 is 1.33 bits per heavy atom. The first kappa shape index (κ1) is 9.73. The van der Waals surface area contributed by atoms with Crippen molar-refractivity contribution >= 4 is 11.0 Å². The average Bonchev–Trinajstić information content (AvgIpc) is 2.25. The Morgan fingerprint density at radius 2 is 2.13 bits per heavy atom. The number of ether oxygens (including phenoxy) is 1. The topological polar surface area (TPSA) is 65.5 Å². The van der Waals surface area contributed by atoms with Gasteiger partial charge in [-0.3, -0.25) is 0 Å². The Hall–Kier alpha value is -1.81. The maximum atomic E-state index is 11.2. The van der Waals surface area contributed by atoms with Gasteiger partial charge in [0, 0.05) is 6.54 Å². The lowest BCUT2D eigenvalue weighted by Gasteiger charge is -2.06. The average molecular weight is 205 g/mol. The van der Waals surface area contributed by atoms with E-state index < -0.39 is 5.63 Å². The van der Waals surface area contributed by atoms with E-state index in [-0.39, 0.29) is 0 Å². The minimum Gasteiger partial charge on any atom is -0.491 e. The molecule has 2 aromatic rings. The third-order valence-electron chi connectivity index (χ3n) is 1.99. The summed E-state index contributed by atoms with van der Waals surface area (Å²) in [7, 11) is 0. The molecule has 1 heterocycles. The number of rotatable bonds is 3. The molecule has 0 saturated heterocycles. The first-order valence-corrected chi connectivity index (χ1v) is 4.67. The Labute approximate surface area is 86.3 Å². The van der Waals surface area contributed by atoms with Crippen molar-refractivity contribution in [1.29, 1.82) is 0 Å². The molecule has 15 heavy (non-hydrogen) atoms. The van der Waals surface area contributed by atoms with Crippen LogP contribution in [0.4, 0.5) is 0 Å². The molecule has 2 N–H and O–H groups in total. The van der Waals surface area contributed by atoms with Crippen LogP contribution in [0.1, 0.15) is 0 Å². The van der Waals surface area contributed by atoms with Gasteiger partial charge in [0.05, 0.1) is 11.5 Å². The minimum atomic E-state index is -0.416. The van der Waals surface area contributed by atoms with Crippen LogP contribution in [0.5, 0.6) is 5.75 Å². The summed E-state index contributed by atoms with van der Waals surface area (Å²) in [6, 6.07) is 8.56. The van der Waals surface area contributed by atoms with Crippen molar-refractivity contribution in [2.45, 2.75) is 0 Å². The summed E-state index contributed by atoms with van der Waals surface area (Å²) in [4.78, 5) is 11.2. The second kappa shape index (κ2) is 4.14. The smallest absolute Gasteiger partial charge is 0.339 e. The molecule has 78 valence electrons. The van der Waals surface area contributed by atoms with Gasteiger partial charge in [0.1, 0.15) is 17.9 Å². The van der Waals surface area contributed by atoms with Crippen LogP contribution in [0.15, 0.2) is 39.5 Å². The normalized spacial score (nSPS) is 10.5. The van der Waals surface area contributed by atoms with Crippen molar-refractivity contribution < 1.29 is 9.15 Å². The first-order valence-electron chi connectivity index (χ1n) is 4.67. The highest BCUT2D eigenvalue weighted by Crippen LogP contribution is 2.22. The Morgan fingerprint density at radius 3 is 2.93 bits per heavy atom. The van der Waals surface area contributed by atoms with Crippen molar-refractivity contribution in [1.82, 2.24) is 0 Å². The van der Waals surface area contributed by atoms with Gasteiger partial charge in [0.2, 0.25) is 0 Å². The van der Waals surface area contributed by atoms with Gasteiger partial charge in [-0.1, -0.05) is 12.1 Å². The van der Waals surface area contributed by atoms with Crippen LogP contribution in [0.3, 0.4) is 0 Å². The zero-order valence-electron chi connectivity index (χ0n) is 8.10. The van der Waals surface area contributed by atoms with Crippen molar-refractivity contribution in [2.75, 3.05) is 13.2 Å². The third kappa shape index (κ3) is 1.99. The molecule has 2 rings (SSSR count).